The normalized spacial score (nSPS) is 10.8. The third-order valence-corrected chi connectivity index (χ3v) is 3.31. The molecule has 0 atom stereocenters. The highest BCUT2D eigenvalue weighted by molar-refractivity contribution is 5.89. The van der Waals surface area contributed by atoms with Gasteiger partial charge in [0.05, 0.1) is 12.2 Å². The Labute approximate surface area is 122 Å². The molecule has 1 aromatic carbocycles. The van der Waals surface area contributed by atoms with E-state index in [1.54, 1.807) is 0 Å². The van der Waals surface area contributed by atoms with Crippen molar-refractivity contribution in [3.8, 4) is 0 Å². The summed E-state index contributed by atoms with van der Waals surface area (Å²) < 4.78 is 5.12. The molecule has 0 amide bonds. The highest BCUT2D eigenvalue weighted by atomic mass is 16.5. The van der Waals surface area contributed by atoms with Gasteiger partial charge in [-0.15, -0.1) is 0 Å². The van der Waals surface area contributed by atoms with Crippen LogP contribution in [0.5, 0.6) is 0 Å². The molecule has 0 unspecified atom stereocenters. The molecule has 0 spiro atoms. The Morgan fingerprint density at radius 1 is 1.10 bits per heavy atom. The van der Waals surface area contributed by atoms with Gasteiger partial charge in [0.2, 0.25) is 0 Å². The topological polar surface area (TPSA) is 29.5 Å². The van der Waals surface area contributed by atoms with E-state index < -0.39 is 0 Å². The number of nitrogens with zero attached hydrogens (tertiary/aromatic N) is 1. The largest absolute Gasteiger partial charge is 0.462 e. The quantitative estimate of drug-likeness (QED) is 0.642. The van der Waals surface area contributed by atoms with Crippen LogP contribution in [0.15, 0.2) is 24.3 Å². The Bertz CT molecular complexity index is 386. The third kappa shape index (κ3) is 5.74. The highest BCUT2D eigenvalue weighted by Gasteiger charge is 2.07. The third-order valence-electron chi connectivity index (χ3n) is 3.31. The van der Waals surface area contributed by atoms with Gasteiger partial charge in [-0.3, -0.25) is 4.90 Å². The molecule has 0 bridgehead atoms. The van der Waals surface area contributed by atoms with Gasteiger partial charge in [0.25, 0.3) is 0 Å². The molecule has 0 aliphatic rings. The zero-order valence-corrected chi connectivity index (χ0v) is 13.0. The summed E-state index contributed by atoms with van der Waals surface area (Å²) in [5, 5.41) is 0. The molecule has 0 aliphatic carbocycles. The molecule has 1 rings (SSSR count). The van der Waals surface area contributed by atoms with Crippen LogP contribution in [0.2, 0.25) is 0 Å². The molecule has 20 heavy (non-hydrogen) atoms. The van der Waals surface area contributed by atoms with Gasteiger partial charge in [0, 0.05) is 6.54 Å². The van der Waals surface area contributed by atoms with E-state index in [0.29, 0.717) is 12.2 Å². The van der Waals surface area contributed by atoms with E-state index in [1.165, 1.54) is 18.4 Å². The molecule has 0 saturated carbocycles. The first-order valence-corrected chi connectivity index (χ1v) is 7.69. The first-order valence-electron chi connectivity index (χ1n) is 7.69. The second-order valence-corrected chi connectivity index (χ2v) is 5.06. The monoisotopic (exact) mass is 277 g/mol. The summed E-state index contributed by atoms with van der Waals surface area (Å²) in [5.41, 5.74) is 1.88. The lowest BCUT2D eigenvalue weighted by Crippen LogP contribution is -2.23. The van der Waals surface area contributed by atoms with Gasteiger partial charge in [0.1, 0.15) is 0 Å². The first-order chi connectivity index (χ1) is 9.71. The van der Waals surface area contributed by atoms with Gasteiger partial charge in [0.15, 0.2) is 0 Å². The number of hydrogen-bond donors (Lipinski definition) is 0. The number of unbranched alkanes of at least 4 members (excludes halogenated alkanes) is 1. The molecule has 112 valence electrons. The van der Waals surface area contributed by atoms with Crippen LogP contribution in [0.1, 0.15) is 56.0 Å². The average Bonchev–Trinajstić information content (AvgIpc) is 2.49. The molecule has 0 aliphatic heterocycles. The van der Waals surface area contributed by atoms with Gasteiger partial charge in [-0.25, -0.2) is 4.79 Å². The molecular weight excluding hydrogens is 250 g/mol. The Balaban J connectivity index is 2.54. The predicted molar refractivity (Wildman–Crippen MR) is 82.9 cm³/mol. The second kappa shape index (κ2) is 9.54. The molecule has 3 heteroatoms. The van der Waals surface area contributed by atoms with Gasteiger partial charge >= 0.3 is 5.97 Å². The van der Waals surface area contributed by atoms with E-state index >= 15 is 0 Å². The number of carbonyl (C=O) groups excluding carboxylic acids is 1. The molecule has 0 heterocycles. The molecule has 0 radical (unpaired) electrons. The summed E-state index contributed by atoms with van der Waals surface area (Å²) in [6, 6.07) is 7.77. The minimum absolute atomic E-state index is 0.225. The van der Waals surface area contributed by atoms with Crippen LogP contribution in [-0.2, 0) is 11.3 Å². The van der Waals surface area contributed by atoms with E-state index in [9.17, 15) is 4.79 Å². The Kier molecular flexibility index (Phi) is 7.97. The molecule has 3 nitrogen and oxygen atoms in total. The Morgan fingerprint density at radius 3 is 2.35 bits per heavy atom. The summed E-state index contributed by atoms with van der Waals surface area (Å²) in [7, 11) is 0. The minimum Gasteiger partial charge on any atom is -0.462 e. The summed E-state index contributed by atoms with van der Waals surface area (Å²) >= 11 is 0. The van der Waals surface area contributed by atoms with Gasteiger partial charge in [-0.05, 0) is 43.6 Å². The smallest absolute Gasteiger partial charge is 0.338 e. The van der Waals surface area contributed by atoms with Crippen molar-refractivity contribution in [2.45, 2.75) is 46.6 Å². The summed E-state index contributed by atoms with van der Waals surface area (Å²) in [4.78, 5) is 14.1. The average molecular weight is 277 g/mol. The lowest BCUT2D eigenvalue weighted by atomic mass is 10.1. The summed E-state index contributed by atoms with van der Waals surface area (Å²) in [6.07, 6.45) is 3.31. The maximum atomic E-state index is 11.7. The predicted octanol–water partition coefficient (Wildman–Crippen LogP) is 3.88. The number of ether oxygens (including phenoxy) is 1. The number of carbonyl (C=O) groups is 1. The standard InChI is InChI=1S/C17H27NO2/c1-4-7-12-18(6-3)14-15-8-10-16(11-9-15)17(19)20-13-5-2/h8-11H,4-7,12-14H2,1-3H3. The fraction of sp³-hybridized carbons (Fsp3) is 0.588. The Hall–Kier alpha value is -1.35. The van der Waals surface area contributed by atoms with Crippen LogP contribution in [0.25, 0.3) is 0 Å². The lowest BCUT2D eigenvalue weighted by molar-refractivity contribution is 0.0505. The van der Waals surface area contributed by atoms with Gasteiger partial charge in [-0.2, -0.15) is 0 Å². The van der Waals surface area contributed by atoms with Crippen LogP contribution in [0, 0.1) is 0 Å². The van der Waals surface area contributed by atoms with Crippen molar-refractivity contribution < 1.29 is 9.53 Å². The maximum Gasteiger partial charge on any atom is 0.338 e. The first kappa shape index (κ1) is 16.7. The van der Waals surface area contributed by atoms with Crippen LogP contribution in [0.3, 0.4) is 0 Å². The zero-order valence-electron chi connectivity index (χ0n) is 13.0. The van der Waals surface area contributed by atoms with Crippen molar-refractivity contribution in [2.75, 3.05) is 19.7 Å². The van der Waals surface area contributed by atoms with Crippen LogP contribution in [-0.4, -0.2) is 30.6 Å². The van der Waals surface area contributed by atoms with Crippen molar-refractivity contribution in [3.05, 3.63) is 35.4 Å². The highest BCUT2D eigenvalue weighted by Crippen LogP contribution is 2.09. The van der Waals surface area contributed by atoms with Crippen LogP contribution >= 0.6 is 0 Å². The van der Waals surface area contributed by atoms with Crippen molar-refractivity contribution in [3.63, 3.8) is 0 Å². The van der Waals surface area contributed by atoms with Crippen LogP contribution in [0.4, 0.5) is 0 Å². The lowest BCUT2D eigenvalue weighted by Gasteiger charge is -2.20. The number of benzene rings is 1. The van der Waals surface area contributed by atoms with Crippen molar-refractivity contribution in [2.24, 2.45) is 0 Å². The molecule has 0 N–H and O–H groups in total. The number of esters is 1. The van der Waals surface area contributed by atoms with Crippen molar-refractivity contribution >= 4 is 5.97 Å². The second-order valence-electron chi connectivity index (χ2n) is 5.06. The van der Waals surface area contributed by atoms with Gasteiger partial charge < -0.3 is 4.74 Å². The number of hydrogen-bond acceptors (Lipinski definition) is 3. The number of rotatable bonds is 9. The molecule has 0 saturated heterocycles. The minimum atomic E-state index is -0.225. The molecular formula is C17H27NO2. The van der Waals surface area contributed by atoms with E-state index in [0.717, 1.165) is 26.1 Å². The SMILES string of the molecule is CCCCN(CC)Cc1ccc(C(=O)OCCC)cc1. The van der Waals surface area contributed by atoms with Gasteiger partial charge in [-0.1, -0.05) is 39.3 Å². The molecule has 1 aromatic rings. The Morgan fingerprint density at radius 2 is 1.80 bits per heavy atom. The van der Waals surface area contributed by atoms with E-state index in [1.807, 2.05) is 31.2 Å². The molecule has 0 aromatic heterocycles. The van der Waals surface area contributed by atoms with E-state index in [4.69, 9.17) is 4.74 Å². The maximum absolute atomic E-state index is 11.7. The molecule has 0 fully saturated rings. The van der Waals surface area contributed by atoms with Crippen molar-refractivity contribution in [1.82, 2.24) is 4.90 Å². The van der Waals surface area contributed by atoms with E-state index in [-0.39, 0.29) is 5.97 Å². The fourth-order valence-corrected chi connectivity index (χ4v) is 2.01. The van der Waals surface area contributed by atoms with Crippen LogP contribution < -0.4 is 0 Å². The summed E-state index contributed by atoms with van der Waals surface area (Å²) in [6.45, 7) is 10.0. The fourth-order valence-electron chi connectivity index (χ4n) is 2.01. The summed E-state index contributed by atoms with van der Waals surface area (Å²) in [5.74, 6) is -0.225. The zero-order chi connectivity index (χ0) is 14.8. The van der Waals surface area contributed by atoms with E-state index in [2.05, 4.69) is 18.7 Å². The van der Waals surface area contributed by atoms with Crippen molar-refractivity contribution in [1.29, 1.82) is 0 Å².